The van der Waals surface area contributed by atoms with E-state index in [1.807, 2.05) is 112 Å². The number of cyclic esters (lactones) is 1. The van der Waals surface area contributed by atoms with Crippen LogP contribution in [0, 0.1) is 0 Å². The van der Waals surface area contributed by atoms with E-state index in [4.69, 9.17) is 4.74 Å². The Morgan fingerprint density at radius 3 is 2.16 bits per heavy atom. The van der Waals surface area contributed by atoms with E-state index in [1.165, 1.54) is 10.9 Å². The number of ether oxygens (including phenoxy) is 1. The second-order valence-corrected chi connectivity index (χ2v) is 9.71. The first-order chi connectivity index (χ1) is 17.8. The number of anilines is 2. The molecular formula is C31H32N4O2. The number of esters is 1. The molecule has 1 N–H and O–H groups in total. The number of fused-ring (bicyclic) bond motifs is 2. The number of para-hydroxylation sites is 1. The van der Waals surface area contributed by atoms with Crippen LogP contribution in [0.4, 0.5) is 11.4 Å². The first-order valence-corrected chi connectivity index (χ1v) is 12.3. The standard InChI is InChI=1S/C23H25N3O2.C8H7N/c1-24(2)17-10-8-16(9-11-17)23(21-7-6-14-26(21)5)20-13-12-18(25(3)4)15-19(20)22(27)28-23;1-2-4-8-7(3-1)5-6-9-8/h6-15H,1-5H3;1-6,9H. The number of H-pyrrole nitrogens is 1. The molecule has 0 saturated heterocycles. The van der Waals surface area contributed by atoms with E-state index < -0.39 is 5.60 Å². The number of aromatic amines is 1. The topological polar surface area (TPSA) is 53.5 Å². The number of hydrogen-bond donors (Lipinski definition) is 1. The molecule has 1 aliphatic heterocycles. The predicted octanol–water partition coefficient (Wildman–Crippen LogP) is 5.79. The summed E-state index contributed by atoms with van der Waals surface area (Å²) in [5.41, 5.74) is 5.67. The smallest absolute Gasteiger partial charge is 0.340 e. The monoisotopic (exact) mass is 492 g/mol. The summed E-state index contributed by atoms with van der Waals surface area (Å²) >= 11 is 0. The van der Waals surface area contributed by atoms with Crippen molar-refractivity contribution in [1.29, 1.82) is 0 Å². The van der Waals surface area contributed by atoms with Gasteiger partial charge in [-0.1, -0.05) is 36.4 Å². The third-order valence-corrected chi connectivity index (χ3v) is 6.92. The Morgan fingerprint density at radius 2 is 1.51 bits per heavy atom. The quantitative estimate of drug-likeness (QED) is 0.323. The predicted molar refractivity (Wildman–Crippen MR) is 151 cm³/mol. The van der Waals surface area contributed by atoms with E-state index in [9.17, 15) is 4.79 Å². The molecule has 5 aromatic rings. The van der Waals surface area contributed by atoms with Crippen molar-refractivity contribution in [3.8, 4) is 0 Å². The van der Waals surface area contributed by atoms with Crippen LogP contribution in [-0.4, -0.2) is 43.7 Å². The van der Waals surface area contributed by atoms with Crippen molar-refractivity contribution in [2.45, 2.75) is 5.60 Å². The summed E-state index contributed by atoms with van der Waals surface area (Å²) in [5.74, 6) is -0.295. The number of hydrogen-bond acceptors (Lipinski definition) is 4. The second-order valence-electron chi connectivity index (χ2n) is 9.71. The molecule has 6 rings (SSSR count). The number of nitrogens with zero attached hydrogens (tertiary/aromatic N) is 3. The van der Waals surface area contributed by atoms with Gasteiger partial charge in [0, 0.05) is 75.7 Å². The van der Waals surface area contributed by atoms with Gasteiger partial charge in [-0.05, 0) is 53.9 Å². The molecule has 3 heterocycles. The molecule has 0 spiro atoms. The Morgan fingerprint density at radius 1 is 0.811 bits per heavy atom. The minimum absolute atomic E-state index is 0.295. The van der Waals surface area contributed by atoms with Gasteiger partial charge in [0.05, 0.1) is 11.3 Å². The Labute approximate surface area is 217 Å². The SMILES string of the molecule is CN(C)c1ccc(C2(c3cccn3C)OC(=O)c3cc(N(C)C)ccc32)cc1.c1ccc2[nH]ccc2c1. The molecule has 1 aliphatic rings. The Bertz CT molecular complexity index is 1520. The van der Waals surface area contributed by atoms with Crippen LogP contribution in [-0.2, 0) is 17.4 Å². The zero-order valence-corrected chi connectivity index (χ0v) is 21.9. The molecule has 6 nitrogen and oxygen atoms in total. The normalized spacial score (nSPS) is 16.1. The lowest BCUT2D eigenvalue weighted by Gasteiger charge is -2.31. The van der Waals surface area contributed by atoms with Gasteiger partial charge in [0.1, 0.15) is 0 Å². The Hall–Kier alpha value is -4.45. The molecule has 0 fully saturated rings. The van der Waals surface area contributed by atoms with Gasteiger partial charge >= 0.3 is 5.97 Å². The maximum absolute atomic E-state index is 13.0. The molecule has 2 aromatic heterocycles. The van der Waals surface area contributed by atoms with Crippen LogP contribution in [0.25, 0.3) is 10.9 Å². The Kier molecular flexibility index (Phi) is 6.25. The van der Waals surface area contributed by atoms with Crippen LogP contribution in [0.3, 0.4) is 0 Å². The van der Waals surface area contributed by atoms with Crippen molar-refractivity contribution in [2.75, 3.05) is 38.0 Å². The third-order valence-electron chi connectivity index (χ3n) is 6.92. The molecule has 3 aromatic carbocycles. The number of aromatic nitrogens is 2. The average Bonchev–Trinajstić information content (AvgIpc) is 3.62. The Balaban J connectivity index is 0.000000260. The molecule has 1 atom stereocenters. The van der Waals surface area contributed by atoms with E-state index in [1.54, 1.807) is 0 Å². The highest BCUT2D eigenvalue weighted by Gasteiger charge is 2.50. The highest BCUT2D eigenvalue weighted by atomic mass is 16.6. The molecule has 188 valence electrons. The fraction of sp³-hybridized carbons (Fsp3) is 0.194. The van der Waals surface area contributed by atoms with Crippen molar-refractivity contribution in [2.24, 2.45) is 7.05 Å². The number of benzene rings is 3. The first kappa shape index (κ1) is 24.3. The summed E-state index contributed by atoms with van der Waals surface area (Å²) in [4.78, 5) is 20.1. The minimum Gasteiger partial charge on any atom is -0.439 e. The van der Waals surface area contributed by atoms with Gasteiger partial charge in [-0.25, -0.2) is 4.79 Å². The number of rotatable bonds is 4. The van der Waals surface area contributed by atoms with Crippen molar-refractivity contribution in [1.82, 2.24) is 9.55 Å². The van der Waals surface area contributed by atoms with Crippen LogP contribution in [0.2, 0.25) is 0 Å². The summed E-state index contributed by atoms with van der Waals surface area (Å²) in [6, 6.07) is 28.4. The van der Waals surface area contributed by atoms with Crippen LogP contribution >= 0.6 is 0 Å². The number of carbonyl (C=O) groups excluding carboxylic acids is 1. The number of carbonyl (C=O) groups is 1. The fourth-order valence-electron chi connectivity index (χ4n) is 4.90. The van der Waals surface area contributed by atoms with E-state index in [2.05, 4.69) is 40.2 Å². The molecular weight excluding hydrogens is 460 g/mol. The largest absolute Gasteiger partial charge is 0.439 e. The molecule has 0 amide bonds. The average molecular weight is 493 g/mol. The van der Waals surface area contributed by atoms with Crippen LogP contribution in [0.5, 0.6) is 0 Å². The number of nitrogens with one attached hydrogen (secondary N) is 1. The summed E-state index contributed by atoms with van der Waals surface area (Å²) < 4.78 is 8.19. The van der Waals surface area contributed by atoms with E-state index in [0.717, 1.165) is 28.2 Å². The van der Waals surface area contributed by atoms with Crippen LogP contribution < -0.4 is 9.80 Å². The molecule has 1 unspecified atom stereocenters. The van der Waals surface area contributed by atoms with Crippen LogP contribution in [0.1, 0.15) is 27.2 Å². The number of aryl methyl sites for hydroxylation is 1. The summed E-state index contributed by atoms with van der Waals surface area (Å²) in [6.45, 7) is 0. The van der Waals surface area contributed by atoms with Gasteiger partial charge in [0.25, 0.3) is 0 Å². The molecule has 0 bridgehead atoms. The van der Waals surface area contributed by atoms with E-state index in [0.29, 0.717) is 5.56 Å². The highest BCUT2D eigenvalue weighted by Crippen LogP contribution is 2.48. The molecule has 0 saturated carbocycles. The van der Waals surface area contributed by atoms with Gasteiger partial charge in [-0.15, -0.1) is 0 Å². The summed E-state index contributed by atoms with van der Waals surface area (Å²) in [5, 5.41) is 1.28. The fourth-order valence-corrected chi connectivity index (χ4v) is 4.90. The van der Waals surface area contributed by atoms with Gasteiger partial charge < -0.3 is 24.1 Å². The second kappa shape index (κ2) is 9.54. The van der Waals surface area contributed by atoms with E-state index in [-0.39, 0.29) is 5.97 Å². The van der Waals surface area contributed by atoms with Crippen molar-refractivity contribution in [3.05, 3.63) is 120 Å². The van der Waals surface area contributed by atoms with Crippen molar-refractivity contribution < 1.29 is 9.53 Å². The third kappa shape index (κ3) is 4.25. The van der Waals surface area contributed by atoms with Gasteiger partial charge in [0.2, 0.25) is 5.60 Å². The summed E-state index contributed by atoms with van der Waals surface area (Å²) in [7, 11) is 9.93. The van der Waals surface area contributed by atoms with Gasteiger partial charge in [-0.3, -0.25) is 0 Å². The molecule has 37 heavy (non-hydrogen) atoms. The highest BCUT2D eigenvalue weighted by molar-refractivity contribution is 5.97. The maximum Gasteiger partial charge on any atom is 0.340 e. The van der Waals surface area contributed by atoms with Gasteiger partial charge in [0.15, 0.2) is 0 Å². The van der Waals surface area contributed by atoms with Gasteiger partial charge in [-0.2, -0.15) is 0 Å². The minimum atomic E-state index is -0.958. The van der Waals surface area contributed by atoms with Crippen molar-refractivity contribution >= 4 is 28.2 Å². The lowest BCUT2D eigenvalue weighted by molar-refractivity contribution is 0.0231. The lowest BCUT2D eigenvalue weighted by atomic mass is 9.82. The van der Waals surface area contributed by atoms with Crippen LogP contribution in [0.15, 0.2) is 97.3 Å². The van der Waals surface area contributed by atoms with Crippen molar-refractivity contribution in [3.63, 3.8) is 0 Å². The van der Waals surface area contributed by atoms with E-state index >= 15 is 0 Å². The molecule has 0 radical (unpaired) electrons. The zero-order chi connectivity index (χ0) is 26.2. The first-order valence-electron chi connectivity index (χ1n) is 12.3. The lowest BCUT2D eigenvalue weighted by Crippen LogP contribution is -2.31. The maximum atomic E-state index is 13.0. The summed E-state index contributed by atoms with van der Waals surface area (Å²) in [6.07, 6.45) is 3.93. The molecule has 6 heteroatoms. The zero-order valence-electron chi connectivity index (χ0n) is 21.9. The molecule has 0 aliphatic carbocycles.